The molecule has 1 atom stereocenters. The topological polar surface area (TPSA) is 18.5 Å². The molecule has 0 aliphatic heterocycles. The molecule has 0 N–H and O–H groups in total. The molecule has 2 aromatic carbocycles. The van der Waals surface area contributed by atoms with Gasteiger partial charge in [0.25, 0.3) is 0 Å². The molecular weight excluding hydrogens is 359 g/mol. The molecule has 1 unspecified atom stereocenters. The Labute approximate surface area is 137 Å². The molecule has 2 rings (SSSR count). The van der Waals surface area contributed by atoms with E-state index in [2.05, 4.69) is 15.9 Å². The van der Waals surface area contributed by atoms with Crippen molar-refractivity contribution in [3.63, 3.8) is 0 Å². The third kappa shape index (κ3) is 3.16. The van der Waals surface area contributed by atoms with Gasteiger partial charge in [-0.3, -0.25) is 0 Å². The molecule has 0 aliphatic rings. The molecule has 0 aliphatic carbocycles. The van der Waals surface area contributed by atoms with Crippen LogP contribution in [0.15, 0.2) is 30.3 Å². The minimum atomic E-state index is -0.369. The summed E-state index contributed by atoms with van der Waals surface area (Å²) in [6.45, 7) is 1.93. The first-order valence-corrected chi connectivity index (χ1v) is 7.59. The van der Waals surface area contributed by atoms with Crippen molar-refractivity contribution in [1.29, 1.82) is 0 Å². The molecule has 5 heteroatoms. The summed E-state index contributed by atoms with van der Waals surface area (Å²) in [5, 5.41) is 0.381. The second-order valence-corrected chi connectivity index (χ2v) is 5.88. The van der Waals surface area contributed by atoms with Gasteiger partial charge < -0.3 is 9.47 Å². The Morgan fingerprint density at radius 1 is 1.14 bits per heavy atom. The molecule has 0 amide bonds. The summed E-state index contributed by atoms with van der Waals surface area (Å²) >= 11 is 9.67. The van der Waals surface area contributed by atoms with Crippen molar-refractivity contribution in [2.75, 3.05) is 14.2 Å². The van der Waals surface area contributed by atoms with Crippen molar-refractivity contribution in [3.05, 3.63) is 57.9 Å². The molecule has 112 valence electrons. The quantitative estimate of drug-likeness (QED) is 0.678. The van der Waals surface area contributed by atoms with Crippen LogP contribution in [-0.4, -0.2) is 14.2 Å². The van der Waals surface area contributed by atoms with Crippen molar-refractivity contribution in [2.45, 2.75) is 11.8 Å². The molecule has 0 radical (unpaired) electrons. The first-order valence-electron chi connectivity index (χ1n) is 6.30. The number of hydrogen-bond acceptors (Lipinski definition) is 2. The first-order chi connectivity index (χ1) is 9.99. The first kappa shape index (κ1) is 16.1. The fourth-order valence-corrected chi connectivity index (χ4v) is 3.54. The summed E-state index contributed by atoms with van der Waals surface area (Å²) in [4.78, 5) is -0.369. The molecule has 0 heterocycles. The van der Waals surface area contributed by atoms with Gasteiger partial charge in [0.1, 0.15) is 5.82 Å². The van der Waals surface area contributed by atoms with Gasteiger partial charge in [0, 0.05) is 10.6 Å². The number of ether oxygens (including phenoxy) is 2. The molecule has 0 aromatic heterocycles. The van der Waals surface area contributed by atoms with Crippen LogP contribution in [0.4, 0.5) is 4.39 Å². The molecule has 0 saturated carbocycles. The van der Waals surface area contributed by atoms with Crippen LogP contribution in [0.5, 0.6) is 11.5 Å². The molecular formula is C16H15BrClFO2. The van der Waals surface area contributed by atoms with Crippen LogP contribution in [0, 0.1) is 12.7 Å². The van der Waals surface area contributed by atoms with Crippen molar-refractivity contribution >= 4 is 27.5 Å². The largest absolute Gasteiger partial charge is 0.493 e. The zero-order chi connectivity index (χ0) is 15.6. The number of halogens is 3. The van der Waals surface area contributed by atoms with E-state index in [4.69, 9.17) is 21.1 Å². The lowest BCUT2D eigenvalue weighted by Gasteiger charge is -2.18. The van der Waals surface area contributed by atoms with Crippen LogP contribution in [0.25, 0.3) is 0 Å². The SMILES string of the molecule is COc1cc(C)c(C(Br)c2c(F)cccc2Cl)cc1OC. The van der Waals surface area contributed by atoms with Crippen LogP contribution in [0.2, 0.25) is 5.02 Å². The average molecular weight is 374 g/mol. The summed E-state index contributed by atoms with van der Waals surface area (Å²) in [5.41, 5.74) is 2.24. The smallest absolute Gasteiger partial charge is 0.161 e. The predicted octanol–water partition coefficient (Wildman–Crippen LogP) is 5.29. The summed E-state index contributed by atoms with van der Waals surface area (Å²) in [6, 6.07) is 8.34. The van der Waals surface area contributed by atoms with Crippen LogP contribution >= 0.6 is 27.5 Å². The highest BCUT2D eigenvalue weighted by atomic mass is 79.9. The molecule has 0 bridgehead atoms. The van der Waals surface area contributed by atoms with E-state index in [1.165, 1.54) is 6.07 Å². The fraction of sp³-hybridized carbons (Fsp3) is 0.250. The van der Waals surface area contributed by atoms with E-state index in [1.54, 1.807) is 26.4 Å². The number of methoxy groups -OCH3 is 2. The number of benzene rings is 2. The highest BCUT2D eigenvalue weighted by Crippen LogP contribution is 2.41. The summed E-state index contributed by atoms with van der Waals surface area (Å²) in [5.74, 6) is 0.881. The van der Waals surface area contributed by atoms with Crippen LogP contribution in [-0.2, 0) is 0 Å². The Balaban J connectivity index is 2.56. The molecule has 0 fully saturated rings. The van der Waals surface area contributed by atoms with Crippen LogP contribution in [0.3, 0.4) is 0 Å². The maximum Gasteiger partial charge on any atom is 0.161 e. The van der Waals surface area contributed by atoms with Gasteiger partial charge in [-0.25, -0.2) is 4.39 Å². The van der Waals surface area contributed by atoms with E-state index in [0.717, 1.165) is 11.1 Å². The monoisotopic (exact) mass is 372 g/mol. The van der Waals surface area contributed by atoms with Gasteiger partial charge in [-0.1, -0.05) is 33.6 Å². The third-order valence-corrected chi connectivity index (χ3v) is 4.58. The highest BCUT2D eigenvalue weighted by Gasteiger charge is 2.21. The van der Waals surface area contributed by atoms with Gasteiger partial charge in [-0.15, -0.1) is 0 Å². The molecule has 0 spiro atoms. The van der Waals surface area contributed by atoms with E-state index < -0.39 is 0 Å². The van der Waals surface area contributed by atoms with E-state index in [9.17, 15) is 4.39 Å². The van der Waals surface area contributed by atoms with Gasteiger partial charge in [0.2, 0.25) is 0 Å². The maximum absolute atomic E-state index is 14.1. The van der Waals surface area contributed by atoms with Gasteiger partial charge >= 0.3 is 0 Å². The maximum atomic E-state index is 14.1. The van der Waals surface area contributed by atoms with Crippen molar-refractivity contribution in [2.24, 2.45) is 0 Å². The van der Waals surface area contributed by atoms with Crippen molar-refractivity contribution in [1.82, 2.24) is 0 Å². The minimum Gasteiger partial charge on any atom is -0.493 e. The van der Waals surface area contributed by atoms with Crippen molar-refractivity contribution in [3.8, 4) is 11.5 Å². The molecule has 21 heavy (non-hydrogen) atoms. The van der Waals surface area contributed by atoms with Gasteiger partial charge in [0.05, 0.1) is 19.0 Å². The Hall–Kier alpha value is -1.26. The lowest BCUT2D eigenvalue weighted by atomic mass is 9.99. The number of aryl methyl sites for hydroxylation is 1. The lowest BCUT2D eigenvalue weighted by Crippen LogP contribution is -2.02. The van der Waals surface area contributed by atoms with Gasteiger partial charge in [0.15, 0.2) is 11.5 Å². The standard InChI is InChI=1S/C16H15BrClFO2/c1-9-7-13(20-2)14(21-3)8-10(9)16(17)15-11(18)5-4-6-12(15)19/h4-8,16H,1-3H3. The van der Waals surface area contributed by atoms with E-state index >= 15 is 0 Å². The van der Waals surface area contributed by atoms with Gasteiger partial charge in [-0.2, -0.15) is 0 Å². The van der Waals surface area contributed by atoms with Crippen LogP contribution < -0.4 is 9.47 Å². The Bertz CT molecular complexity index is 641. The zero-order valence-corrected chi connectivity index (χ0v) is 14.3. The lowest BCUT2D eigenvalue weighted by molar-refractivity contribution is 0.354. The van der Waals surface area contributed by atoms with Crippen molar-refractivity contribution < 1.29 is 13.9 Å². The van der Waals surface area contributed by atoms with E-state index in [0.29, 0.717) is 22.1 Å². The Kier molecular flexibility index (Phi) is 5.12. The van der Waals surface area contributed by atoms with Crippen LogP contribution in [0.1, 0.15) is 21.5 Å². The summed E-state index contributed by atoms with van der Waals surface area (Å²) in [6.07, 6.45) is 0. The number of rotatable bonds is 4. The molecule has 2 aromatic rings. The van der Waals surface area contributed by atoms with Gasteiger partial charge in [-0.05, 0) is 42.3 Å². The summed E-state index contributed by atoms with van der Waals surface area (Å²) < 4.78 is 24.6. The van der Waals surface area contributed by atoms with E-state index in [1.807, 2.05) is 19.1 Å². The normalized spacial score (nSPS) is 12.1. The Morgan fingerprint density at radius 2 is 1.76 bits per heavy atom. The predicted molar refractivity (Wildman–Crippen MR) is 86.5 cm³/mol. The number of alkyl halides is 1. The minimum absolute atomic E-state index is 0.349. The second kappa shape index (κ2) is 6.67. The molecule has 0 saturated heterocycles. The Morgan fingerprint density at radius 3 is 2.33 bits per heavy atom. The fourth-order valence-electron chi connectivity index (χ4n) is 2.18. The zero-order valence-electron chi connectivity index (χ0n) is 11.9. The summed E-state index contributed by atoms with van der Waals surface area (Å²) in [7, 11) is 3.15. The third-order valence-electron chi connectivity index (χ3n) is 3.30. The molecule has 2 nitrogen and oxygen atoms in total. The highest BCUT2D eigenvalue weighted by molar-refractivity contribution is 9.09. The average Bonchev–Trinajstić information content (AvgIpc) is 2.46. The number of hydrogen-bond donors (Lipinski definition) is 0. The second-order valence-electron chi connectivity index (χ2n) is 4.56. The van der Waals surface area contributed by atoms with E-state index in [-0.39, 0.29) is 10.6 Å².